The van der Waals surface area contributed by atoms with E-state index in [-0.39, 0.29) is 30.3 Å². The van der Waals surface area contributed by atoms with E-state index in [9.17, 15) is 14.4 Å². The molecule has 0 unspecified atom stereocenters. The molecule has 0 saturated heterocycles. The summed E-state index contributed by atoms with van der Waals surface area (Å²) in [5.74, 6) is 0.717. The lowest BCUT2D eigenvalue weighted by molar-refractivity contribution is -0.121. The third-order valence-electron chi connectivity index (χ3n) is 5.81. The van der Waals surface area contributed by atoms with Crippen molar-refractivity contribution in [3.8, 4) is 17.2 Å². The molecule has 0 aliphatic rings. The van der Waals surface area contributed by atoms with E-state index >= 15 is 0 Å². The van der Waals surface area contributed by atoms with Crippen LogP contribution in [0, 0.1) is 0 Å². The summed E-state index contributed by atoms with van der Waals surface area (Å²) in [4.78, 5) is 38.6. The summed E-state index contributed by atoms with van der Waals surface area (Å²) in [6.07, 6.45) is 1.63. The highest BCUT2D eigenvalue weighted by atomic mass is 16.5. The number of nitrogens with zero attached hydrogens (tertiary/aromatic N) is 1. The molecule has 2 N–H and O–H groups in total. The van der Waals surface area contributed by atoms with E-state index in [1.54, 1.807) is 62.8 Å². The van der Waals surface area contributed by atoms with E-state index in [0.29, 0.717) is 40.1 Å². The van der Waals surface area contributed by atoms with Gasteiger partial charge in [-0.15, -0.1) is 0 Å². The molecule has 4 rings (SSSR count). The van der Waals surface area contributed by atoms with Crippen LogP contribution >= 0.6 is 0 Å². The van der Waals surface area contributed by atoms with Gasteiger partial charge in [-0.1, -0.05) is 42.5 Å². The summed E-state index contributed by atoms with van der Waals surface area (Å²) in [5, 5.41) is 6.60. The Kier molecular flexibility index (Phi) is 7.65. The highest BCUT2D eigenvalue weighted by molar-refractivity contribution is 6.06. The van der Waals surface area contributed by atoms with E-state index in [2.05, 4.69) is 10.6 Å². The summed E-state index contributed by atoms with van der Waals surface area (Å²) in [6.45, 7) is 0.468. The predicted molar refractivity (Wildman–Crippen MR) is 138 cm³/mol. The molecule has 8 heteroatoms. The molecule has 3 aromatic carbocycles. The van der Waals surface area contributed by atoms with Crippen LogP contribution in [0.5, 0.6) is 11.5 Å². The molecule has 0 fully saturated rings. The fourth-order valence-electron chi connectivity index (χ4n) is 3.94. The largest absolute Gasteiger partial charge is 0.497 e. The van der Waals surface area contributed by atoms with Crippen LogP contribution < -0.4 is 25.7 Å². The molecular weight excluding hydrogens is 458 g/mol. The molecule has 184 valence electrons. The number of methoxy groups -OCH3 is 2. The van der Waals surface area contributed by atoms with Crippen molar-refractivity contribution in [1.29, 1.82) is 0 Å². The Morgan fingerprint density at radius 1 is 0.861 bits per heavy atom. The van der Waals surface area contributed by atoms with Gasteiger partial charge in [-0.3, -0.25) is 19.0 Å². The first-order valence-electron chi connectivity index (χ1n) is 11.5. The standard InChI is InChI=1S/C28H27N3O5/c1-35-21-10-7-9-20(16-21)31-18-24(22-11-4-5-12-23(22)28(31)34)27(33)29-15-14-26(32)30-17-19-8-3-6-13-25(19)36-2/h3-13,16,18H,14-15,17H2,1-2H3,(H,29,33)(H,30,32). The van der Waals surface area contributed by atoms with Gasteiger partial charge in [0.1, 0.15) is 11.5 Å². The number of para-hydroxylation sites is 1. The van der Waals surface area contributed by atoms with Crippen LogP contribution in [0.25, 0.3) is 16.5 Å². The summed E-state index contributed by atoms with van der Waals surface area (Å²) in [7, 11) is 3.13. The minimum atomic E-state index is -0.375. The van der Waals surface area contributed by atoms with Crippen molar-refractivity contribution in [3.63, 3.8) is 0 Å². The minimum Gasteiger partial charge on any atom is -0.497 e. The molecule has 0 spiro atoms. The number of nitrogens with one attached hydrogen (secondary N) is 2. The first-order chi connectivity index (χ1) is 17.5. The molecule has 1 aromatic heterocycles. The topological polar surface area (TPSA) is 98.7 Å². The molecule has 36 heavy (non-hydrogen) atoms. The molecule has 2 amide bonds. The Morgan fingerprint density at radius 2 is 1.61 bits per heavy atom. The van der Waals surface area contributed by atoms with E-state index < -0.39 is 0 Å². The number of carbonyl (C=O) groups excluding carboxylic acids is 2. The van der Waals surface area contributed by atoms with Crippen molar-refractivity contribution in [2.45, 2.75) is 13.0 Å². The second-order valence-corrected chi connectivity index (χ2v) is 8.06. The van der Waals surface area contributed by atoms with Crippen molar-refractivity contribution < 1.29 is 19.1 Å². The fourth-order valence-corrected chi connectivity index (χ4v) is 3.94. The quantitative estimate of drug-likeness (QED) is 0.378. The molecule has 0 atom stereocenters. The van der Waals surface area contributed by atoms with Crippen LogP contribution in [0.15, 0.2) is 83.8 Å². The average Bonchev–Trinajstić information content (AvgIpc) is 2.92. The monoisotopic (exact) mass is 485 g/mol. The van der Waals surface area contributed by atoms with Crippen LogP contribution in [-0.4, -0.2) is 37.1 Å². The van der Waals surface area contributed by atoms with Gasteiger partial charge in [0.2, 0.25) is 5.91 Å². The van der Waals surface area contributed by atoms with E-state index in [1.165, 1.54) is 10.8 Å². The maximum absolute atomic E-state index is 13.2. The van der Waals surface area contributed by atoms with Crippen LogP contribution in [0.2, 0.25) is 0 Å². The number of ether oxygens (including phenoxy) is 2. The Balaban J connectivity index is 1.48. The molecule has 1 heterocycles. The Morgan fingerprint density at radius 3 is 2.39 bits per heavy atom. The summed E-state index contributed by atoms with van der Waals surface area (Å²) in [5.41, 5.74) is 1.53. The first-order valence-corrected chi connectivity index (χ1v) is 11.5. The molecule has 8 nitrogen and oxygen atoms in total. The molecule has 0 bridgehead atoms. The normalized spacial score (nSPS) is 10.6. The lowest BCUT2D eigenvalue weighted by atomic mass is 10.1. The third kappa shape index (κ3) is 5.38. The lowest BCUT2D eigenvalue weighted by Gasteiger charge is -2.13. The van der Waals surface area contributed by atoms with Gasteiger partial charge in [0.25, 0.3) is 11.5 Å². The predicted octanol–water partition coefficient (Wildman–Crippen LogP) is 3.44. The first kappa shape index (κ1) is 24.5. The second-order valence-electron chi connectivity index (χ2n) is 8.06. The number of aromatic nitrogens is 1. The van der Waals surface area contributed by atoms with Gasteiger partial charge in [0.15, 0.2) is 0 Å². The Labute approximate surface area is 208 Å². The number of hydrogen-bond acceptors (Lipinski definition) is 5. The number of pyridine rings is 1. The zero-order chi connectivity index (χ0) is 25.5. The van der Waals surface area contributed by atoms with Crippen molar-refractivity contribution in [1.82, 2.24) is 15.2 Å². The van der Waals surface area contributed by atoms with E-state index in [0.717, 1.165) is 5.56 Å². The van der Waals surface area contributed by atoms with Crippen LogP contribution in [0.1, 0.15) is 22.3 Å². The zero-order valence-corrected chi connectivity index (χ0v) is 20.1. The zero-order valence-electron chi connectivity index (χ0n) is 20.1. The molecule has 0 saturated carbocycles. The van der Waals surface area contributed by atoms with Crippen LogP contribution in [0.3, 0.4) is 0 Å². The number of hydrogen-bond donors (Lipinski definition) is 2. The highest BCUT2D eigenvalue weighted by Crippen LogP contribution is 2.20. The Bertz CT molecular complexity index is 1460. The molecule has 4 aromatic rings. The Hall–Kier alpha value is -4.59. The summed E-state index contributed by atoms with van der Waals surface area (Å²) < 4.78 is 12.0. The maximum atomic E-state index is 13.2. The van der Waals surface area contributed by atoms with Gasteiger partial charge in [-0.05, 0) is 24.3 Å². The van der Waals surface area contributed by atoms with Gasteiger partial charge >= 0.3 is 0 Å². The van der Waals surface area contributed by atoms with Crippen molar-refractivity contribution in [2.24, 2.45) is 0 Å². The van der Waals surface area contributed by atoms with Gasteiger partial charge in [-0.25, -0.2) is 0 Å². The van der Waals surface area contributed by atoms with Gasteiger partial charge < -0.3 is 20.1 Å². The second kappa shape index (κ2) is 11.2. The van der Waals surface area contributed by atoms with Gasteiger partial charge in [0.05, 0.1) is 25.5 Å². The number of amides is 2. The van der Waals surface area contributed by atoms with E-state index in [4.69, 9.17) is 9.47 Å². The number of benzene rings is 3. The number of carbonyl (C=O) groups is 2. The number of rotatable bonds is 9. The minimum absolute atomic E-state index is 0.106. The van der Waals surface area contributed by atoms with Gasteiger partial charge in [0, 0.05) is 48.1 Å². The molecule has 0 radical (unpaired) electrons. The van der Waals surface area contributed by atoms with E-state index in [1.807, 2.05) is 24.3 Å². The number of fused-ring (bicyclic) bond motifs is 1. The molecule has 0 aliphatic heterocycles. The maximum Gasteiger partial charge on any atom is 0.262 e. The van der Waals surface area contributed by atoms with Crippen LogP contribution in [-0.2, 0) is 11.3 Å². The summed E-state index contributed by atoms with van der Waals surface area (Å²) >= 11 is 0. The SMILES string of the molecule is COc1cccc(-n2cc(C(=O)NCCC(=O)NCc3ccccc3OC)c3ccccc3c2=O)c1. The fraction of sp³-hybridized carbons (Fsp3) is 0.179. The van der Waals surface area contributed by atoms with Gasteiger partial charge in [-0.2, -0.15) is 0 Å². The smallest absolute Gasteiger partial charge is 0.262 e. The third-order valence-corrected chi connectivity index (χ3v) is 5.81. The molecule has 0 aliphatic carbocycles. The summed E-state index contributed by atoms with van der Waals surface area (Å²) in [6, 6.07) is 21.5. The van der Waals surface area contributed by atoms with Crippen molar-refractivity contribution >= 4 is 22.6 Å². The highest BCUT2D eigenvalue weighted by Gasteiger charge is 2.16. The van der Waals surface area contributed by atoms with Crippen molar-refractivity contribution in [3.05, 3.63) is 100 Å². The lowest BCUT2D eigenvalue weighted by Crippen LogP contribution is -2.31. The van der Waals surface area contributed by atoms with Crippen LogP contribution in [0.4, 0.5) is 0 Å². The molecular formula is C28H27N3O5. The average molecular weight is 486 g/mol. The van der Waals surface area contributed by atoms with Crippen molar-refractivity contribution in [2.75, 3.05) is 20.8 Å².